The summed E-state index contributed by atoms with van der Waals surface area (Å²) < 4.78 is 2.45. The van der Waals surface area contributed by atoms with E-state index in [0.29, 0.717) is 0 Å². The van der Waals surface area contributed by atoms with Gasteiger partial charge in [0.05, 0.1) is 22.7 Å². The molecule has 0 N–H and O–H groups in total. The lowest BCUT2D eigenvalue weighted by atomic mass is 9.87. The molecule has 3 heteroatoms. The van der Waals surface area contributed by atoms with Crippen LogP contribution in [0.5, 0.6) is 0 Å². The number of nitriles is 1. The number of aromatic nitrogens is 2. The van der Waals surface area contributed by atoms with Gasteiger partial charge >= 0.3 is 0 Å². The van der Waals surface area contributed by atoms with Crippen LogP contribution in [-0.2, 0) is 19.4 Å². The second-order valence-electron chi connectivity index (χ2n) is 9.29. The summed E-state index contributed by atoms with van der Waals surface area (Å²) in [5.41, 5.74) is 6.69. The Kier molecular flexibility index (Phi) is 6.53. The van der Waals surface area contributed by atoms with E-state index in [1.54, 1.807) is 0 Å². The standard InChI is InChI=1S/C30H31N3/c31-22-26-14-5-4-12-24(26)18-19-25-13-6-7-15-27(25)30-32-28-16-8-9-17-29(28)33(30)21-20-23-10-2-1-3-11-23/h4-9,12-17,23H,1-3,10-11,18-21H2. The molecule has 1 aliphatic carbocycles. The van der Waals surface area contributed by atoms with Crippen molar-refractivity contribution in [1.82, 2.24) is 9.55 Å². The minimum atomic E-state index is 0.773. The first-order valence-electron chi connectivity index (χ1n) is 12.3. The molecule has 33 heavy (non-hydrogen) atoms. The fourth-order valence-corrected chi connectivity index (χ4v) is 5.37. The van der Waals surface area contributed by atoms with E-state index in [4.69, 9.17) is 4.98 Å². The maximum atomic E-state index is 9.47. The van der Waals surface area contributed by atoms with E-state index in [0.717, 1.165) is 47.8 Å². The fraction of sp³-hybridized carbons (Fsp3) is 0.333. The van der Waals surface area contributed by atoms with Gasteiger partial charge in [-0.05, 0) is 54.5 Å². The van der Waals surface area contributed by atoms with Crippen molar-refractivity contribution in [3.05, 3.63) is 89.5 Å². The average Bonchev–Trinajstić information content (AvgIpc) is 3.25. The van der Waals surface area contributed by atoms with E-state index in [1.807, 2.05) is 18.2 Å². The highest BCUT2D eigenvalue weighted by atomic mass is 15.1. The first-order valence-corrected chi connectivity index (χ1v) is 12.3. The quantitative estimate of drug-likeness (QED) is 0.306. The first-order chi connectivity index (χ1) is 16.3. The second kappa shape index (κ2) is 10.0. The number of hydrogen-bond acceptors (Lipinski definition) is 2. The minimum absolute atomic E-state index is 0.773. The lowest BCUT2D eigenvalue weighted by Gasteiger charge is -2.22. The number of para-hydroxylation sites is 2. The van der Waals surface area contributed by atoms with E-state index in [1.165, 1.54) is 55.2 Å². The molecule has 3 aromatic carbocycles. The zero-order valence-corrected chi connectivity index (χ0v) is 19.2. The molecule has 0 aliphatic heterocycles. The predicted molar refractivity (Wildman–Crippen MR) is 135 cm³/mol. The molecule has 3 nitrogen and oxygen atoms in total. The van der Waals surface area contributed by atoms with Crippen LogP contribution in [0, 0.1) is 17.2 Å². The van der Waals surface area contributed by atoms with Gasteiger partial charge in [-0.15, -0.1) is 0 Å². The predicted octanol–water partition coefficient (Wildman–Crippen LogP) is 7.33. The number of fused-ring (bicyclic) bond motifs is 1. The Bertz CT molecular complexity index is 1270. The summed E-state index contributed by atoms with van der Waals surface area (Å²) in [6.45, 7) is 1.02. The Morgan fingerprint density at radius 2 is 1.52 bits per heavy atom. The number of benzene rings is 3. The molecule has 1 aliphatic rings. The zero-order valence-electron chi connectivity index (χ0n) is 19.2. The van der Waals surface area contributed by atoms with Crippen LogP contribution in [0.2, 0.25) is 0 Å². The summed E-state index contributed by atoms with van der Waals surface area (Å²) in [6.07, 6.45) is 9.88. The molecule has 0 saturated heterocycles. The largest absolute Gasteiger partial charge is 0.324 e. The van der Waals surface area contributed by atoms with E-state index < -0.39 is 0 Å². The van der Waals surface area contributed by atoms with Gasteiger partial charge in [-0.1, -0.05) is 86.7 Å². The van der Waals surface area contributed by atoms with Gasteiger partial charge in [0.25, 0.3) is 0 Å². The van der Waals surface area contributed by atoms with Gasteiger partial charge in [-0.3, -0.25) is 0 Å². The third-order valence-electron chi connectivity index (χ3n) is 7.20. The Labute approximate surface area is 196 Å². The summed E-state index contributed by atoms with van der Waals surface area (Å²) in [6, 6.07) is 27.5. The summed E-state index contributed by atoms with van der Waals surface area (Å²) in [4.78, 5) is 5.11. The SMILES string of the molecule is N#Cc1ccccc1CCc1ccccc1-c1nc2ccccc2n1CCC1CCCCC1. The minimum Gasteiger partial charge on any atom is -0.324 e. The molecule has 1 saturated carbocycles. The van der Waals surface area contributed by atoms with Crippen LogP contribution >= 0.6 is 0 Å². The summed E-state index contributed by atoms with van der Waals surface area (Å²) in [7, 11) is 0. The third-order valence-corrected chi connectivity index (χ3v) is 7.20. The van der Waals surface area contributed by atoms with Crippen LogP contribution in [0.3, 0.4) is 0 Å². The molecule has 5 rings (SSSR count). The molecule has 0 unspecified atom stereocenters. The lowest BCUT2D eigenvalue weighted by molar-refractivity contribution is 0.326. The Morgan fingerprint density at radius 1 is 0.818 bits per heavy atom. The molecular formula is C30H31N3. The average molecular weight is 434 g/mol. The van der Waals surface area contributed by atoms with Gasteiger partial charge in [0.15, 0.2) is 0 Å². The van der Waals surface area contributed by atoms with Crippen LogP contribution in [0.15, 0.2) is 72.8 Å². The van der Waals surface area contributed by atoms with E-state index in [-0.39, 0.29) is 0 Å². The zero-order chi connectivity index (χ0) is 22.5. The summed E-state index contributed by atoms with van der Waals surface area (Å²) in [5.74, 6) is 1.92. The molecule has 166 valence electrons. The second-order valence-corrected chi connectivity index (χ2v) is 9.29. The number of hydrogen-bond donors (Lipinski definition) is 0. The summed E-state index contributed by atoms with van der Waals surface area (Å²) in [5, 5.41) is 9.47. The Balaban J connectivity index is 1.47. The summed E-state index contributed by atoms with van der Waals surface area (Å²) >= 11 is 0. The highest BCUT2D eigenvalue weighted by Crippen LogP contribution is 2.31. The number of rotatable bonds is 7. The number of imidazole rings is 1. The van der Waals surface area contributed by atoms with Crippen LogP contribution in [0.1, 0.15) is 55.2 Å². The van der Waals surface area contributed by atoms with Gasteiger partial charge < -0.3 is 4.57 Å². The van der Waals surface area contributed by atoms with Crippen LogP contribution in [-0.4, -0.2) is 9.55 Å². The number of nitrogens with zero attached hydrogens (tertiary/aromatic N) is 3. The molecule has 1 aromatic heterocycles. The topological polar surface area (TPSA) is 41.6 Å². The molecule has 0 spiro atoms. The van der Waals surface area contributed by atoms with Crippen molar-refractivity contribution in [2.45, 2.75) is 57.9 Å². The van der Waals surface area contributed by atoms with Crippen molar-refractivity contribution in [3.63, 3.8) is 0 Å². The van der Waals surface area contributed by atoms with Crippen molar-refractivity contribution < 1.29 is 0 Å². The fourth-order valence-electron chi connectivity index (χ4n) is 5.37. The van der Waals surface area contributed by atoms with E-state index in [9.17, 15) is 5.26 Å². The van der Waals surface area contributed by atoms with Gasteiger partial charge in [-0.2, -0.15) is 5.26 Å². The van der Waals surface area contributed by atoms with Crippen molar-refractivity contribution in [3.8, 4) is 17.5 Å². The van der Waals surface area contributed by atoms with Crippen molar-refractivity contribution >= 4 is 11.0 Å². The van der Waals surface area contributed by atoms with Gasteiger partial charge in [0.2, 0.25) is 0 Å². The molecular weight excluding hydrogens is 402 g/mol. The molecule has 0 amide bonds. The van der Waals surface area contributed by atoms with Crippen LogP contribution in [0.4, 0.5) is 0 Å². The molecule has 0 bridgehead atoms. The number of aryl methyl sites for hydroxylation is 3. The molecule has 1 fully saturated rings. The highest BCUT2D eigenvalue weighted by Gasteiger charge is 2.18. The van der Waals surface area contributed by atoms with Gasteiger partial charge in [-0.25, -0.2) is 4.98 Å². The molecule has 0 atom stereocenters. The normalized spacial score (nSPS) is 14.4. The van der Waals surface area contributed by atoms with Crippen molar-refractivity contribution in [2.75, 3.05) is 0 Å². The van der Waals surface area contributed by atoms with Crippen molar-refractivity contribution in [1.29, 1.82) is 5.26 Å². The van der Waals surface area contributed by atoms with E-state index >= 15 is 0 Å². The van der Waals surface area contributed by atoms with Crippen molar-refractivity contribution in [2.24, 2.45) is 5.92 Å². The third kappa shape index (κ3) is 4.71. The molecule has 0 radical (unpaired) electrons. The highest BCUT2D eigenvalue weighted by molar-refractivity contribution is 5.81. The Hall–Kier alpha value is -3.38. The van der Waals surface area contributed by atoms with Crippen LogP contribution in [0.25, 0.3) is 22.4 Å². The maximum Gasteiger partial charge on any atom is 0.141 e. The smallest absolute Gasteiger partial charge is 0.141 e. The molecule has 4 aromatic rings. The monoisotopic (exact) mass is 433 g/mol. The van der Waals surface area contributed by atoms with Crippen LogP contribution < -0.4 is 0 Å². The maximum absolute atomic E-state index is 9.47. The van der Waals surface area contributed by atoms with Gasteiger partial charge in [0.1, 0.15) is 5.82 Å². The first kappa shape index (κ1) is 21.5. The lowest BCUT2D eigenvalue weighted by Crippen LogP contribution is -2.11. The Morgan fingerprint density at radius 3 is 2.36 bits per heavy atom. The van der Waals surface area contributed by atoms with E-state index in [2.05, 4.69) is 65.2 Å². The molecule has 1 heterocycles. The van der Waals surface area contributed by atoms with Gasteiger partial charge in [0, 0.05) is 12.1 Å².